The lowest BCUT2D eigenvalue weighted by Gasteiger charge is -2.27. The van der Waals surface area contributed by atoms with E-state index in [9.17, 15) is 4.79 Å². The molecule has 0 spiro atoms. The van der Waals surface area contributed by atoms with E-state index in [-0.39, 0.29) is 11.5 Å². The smallest absolute Gasteiger partial charge is 0.407 e. The molecule has 0 saturated heterocycles. The monoisotopic (exact) mass is 258 g/mol. The topological polar surface area (TPSA) is 41.6 Å². The summed E-state index contributed by atoms with van der Waals surface area (Å²) in [6, 6.07) is 0. The molecule has 0 unspecified atom stereocenters. The summed E-state index contributed by atoms with van der Waals surface area (Å²) in [7, 11) is 4.16. The molecule has 0 radical (unpaired) electrons. The molecule has 18 heavy (non-hydrogen) atoms. The average molecular weight is 258 g/mol. The van der Waals surface area contributed by atoms with Crippen LogP contribution in [-0.2, 0) is 4.74 Å². The van der Waals surface area contributed by atoms with Crippen molar-refractivity contribution in [2.24, 2.45) is 5.41 Å². The van der Waals surface area contributed by atoms with Crippen LogP contribution >= 0.6 is 0 Å². The van der Waals surface area contributed by atoms with Crippen LogP contribution in [0.1, 0.15) is 47.5 Å². The van der Waals surface area contributed by atoms with Gasteiger partial charge in [-0.05, 0) is 59.7 Å². The fourth-order valence-corrected chi connectivity index (χ4v) is 1.47. The highest BCUT2D eigenvalue weighted by Gasteiger charge is 2.19. The lowest BCUT2D eigenvalue weighted by Crippen LogP contribution is -2.34. The van der Waals surface area contributed by atoms with Gasteiger partial charge in [-0.15, -0.1) is 0 Å². The summed E-state index contributed by atoms with van der Waals surface area (Å²) < 4.78 is 5.19. The van der Waals surface area contributed by atoms with E-state index in [1.165, 1.54) is 0 Å². The second kappa shape index (κ2) is 6.98. The van der Waals surface area contributed by atoms with Gasteiger partial charge in [0.1, 0.15) is 5.60 Å². The standard InChI is InChI=1S/C14H30N2O2/c1-13(2,3)18-12(17)15-10-8-14(4,5)9-11-16(6)7/h8-11H2,1-7H3,(H,15,17). The van der Waals surface area contributed by atoms with Gasteiger partial charge in [-0.1, -0.05) is 13.8 Å². The van der Waals surface area contributed by atoms with Gasteiger partial charge in [0.2, 0.25) is 0 Å². The predicted octanol–water partition coefficient (Wildman–Crippen LogP) is 2.88. The molecule has 0 fully saturated rings. The minimum atomic E-state index is -0.426. The number of nitrogens with zero attached hydrogens (tertiary/aromatic N) is 1. The fraction of sp³-hybridized carbons (Fsp3) is 0.929. The van der Waals surface area contributed by atoms with Crippen LogP contribution in [0.15, 0.2) is 0 Å². The van der Waals surface area contributed by atoms with Crippen LogP contribution in [0.4, 0.5) is 4.79 Å². The van der Waals surface area contributed by atoms with E-state index in [4.69, 9.17) is 4.74 Å². The van der Waals surface area contributed by atoms with Gasteiger partial charge in [0, 0.05) is 6.54 Å². The molecule has 0 aromatic heterocycles. The van der Waals surface area contributed by atoms with Crippen molar-refractivity contribution in [3.8, 4) is 0 Å². The molecule has 0 aliphatic rings. The van der Waals surface area contributed by atoms with Gasteiger partial charge in [0.05, 0.1) is 0 Å². The van der Waals surface area contributed by atoms with Gasteiger partial charge < -0.3 is 15.0 Å². The molecule has 1 amide bonds. The first-order valence-electron chi connectivity index (χ1n) is 6.63. The van der Waals surface area contributed by atoms with Crippen molar-refractivity contribution in [2.45, 2.75) is 53.1 Å². The molecule has 0 aliphatic heterocycles. The van der Waals surface area contributed by atoms with E-state index >= 15 is 0 Å². The SMILES string of the molecule is CN(C)CCC(C)(C)CCNC(=O)OC(C)(C)C. The van der Waals surface area contributed by atoms with E-state index in [0.717, 1.165) is 19.4 Å². The van der Waals surface area contributed by atoms with Crippen LogP contribution in [0.3, 0.4) is 0 Å². The Bertz CT molecular complexity index is 255. The molecule has 0 aromatic rings. The summed E-state index contributed by atoms with van der Waals surface area (Å²) >= 11 is 0. The molecule has 0 rings (SSSR count). The average Bonchev–Trinajstić information content (AvgIpc) is 2.11. The maximum Gasteiger partial charge on any atom is 0.407 e. The Kier molecular flexibility index (Phi) is 6.68. The number of hydrogen-bond acceptors (Lipinski definition) is 3. The number of carbonyl (C=O) groups is 1. The van der Waals surface area contributed by atoms with Crippen molar-refractivity contribution in [2.75, 3.05) is 27.2 Å². The number of carbonyl (C=O) groups excluding carboxylic acids is 1. The Morgan fingerprint density at radius 1 is 1.11 bits per heavy atom. The van der Waals surface area contributed by atoms with Gasteiger partial charge in [0.15, 0.2) is 0 Å². The number of rotatable bonds is 6. The van der Waals surface area contributed by atoms with Crippen LogP contribution in [0, 0.1) is 5.41 Å². The van der Waals surface area contributed by atoms with Crippen LogP contribution < -0.4 is 5.32 Å². The second-order valence-corrected chi connectivity index (χ2v) is 6.90. The third-order valence-corrected chi connectivity index (χ3v) is 2.71. The molecule has 0 heterocycles. The van der Waals surface area contributed by atoms with Crippen LogP contribution in [0.25, 0.3) is 0 Å². The highest BCUT2D eigenvalue weighted by molar-refractivity contribution is 5.67. The summed E-state index contributed by atoms with van der Waals surface area (Å²) in [6.45, 7) is 11.8. The first kappa shape index (κ1) is 17.2. The summed E-state index contributed by atoms with van der Waals surface area (Å²) in [4.78, 5) is 13.7. The normalized spacial score (nSPS) is 12.7. The molecule has 4 nitrogen and oxygen atoms in total. The van der Waals surface area contributed by atoms with Crippen LogP contribution in [-0.4, -0.2) is 43.8 Å². The summed E-state index contributed by atoms with van der Waals surface area (Å²) in [5.41, 5.74) is -0.191. The van der Waals surface area contributed by atoms with Gasteiger partial charge >= 0.3 is 6.09 Å². The maximum atomic E-state index is 11.5. The highest BCUT2D eigenvalue weighted by Crippen LogP contribution is 2.24. The number of alkyl carbamates (subject to hydrolysis) is 1. The molecule has 0 aromatic carbocycles. The quantitative estimate of drug-likeness (QED) is 0.796. The van der Waals surface area contributed by atoms with Crippen molar-refractivity contribution in [3.05, 3.63) is 0 Å². The zero-order chi connectivity index (χ0) is 14.4. The zero-order valence-electron chi connectivity index (χ0n) is 13.1. The van der Waals surface area contributed by atoms with E-state index in [1.54, 1.807) is 0 Å². The zero-order valence-corrected chi connectivity index (χ0v) is 13.1. The van der Waals surface area contributed by atoms with Crippen molar-refractivity contribution in [1.82, 2.24) is 10.2 Å². The summed E-state index contributed by atoms with van der Waals surface area (Å²) in [5.74, 6) is 0. The van der Waals surface area contributed by atoms with Crippen LogP contribution in [0.5, 0.6) is 0 Å². The van der Waals surface area contributed by atoms with Crippen molar-refractivity contribution < 1.29 is 9.53 Å². The first-order valence-corrected chi connectivity index (χ1v) is 6.63. The summed E-state index contributed by atoms with van der Waals surface area (Å²) in [6.07, 6.45) is 1.75. The molecular formula is C14H30N2O2. The molecule has 108 valence electrons. The lowest BCUT2D eigenvalue weighted by atomic mass is 9.85. The minimum Gasteiger partial charge on any atom is -0.444 e. The van der Waals surface area contributed by atoms with E-state index < -0.39 is 5.60 Å². The lowest BCUT2D eigenvalue weighted by molar-refractivity contribution is 0.0521. The molecule has 1 N–H and O–H groups in total. The number of amides is 1. The van der Waals surface area contributed by atoms with Crippen molar-refractivity contribution in [1.29, 1.82) is 0 Å². The highest BCUT2D eigenvalue weighted by atomic mass is 16.6. The van der Waals surface area contributed by atoms with Gasteiger partial charge in [-0.3, -0.25) is 0 Å². The number of hydrogen-bond donors (Lipinski definition) is 1. The Hall–Kier alpha value is -0.770. The largest absolute Gasteiger partial charge is 0.444 e. The maximum absolute atomic E-state index is 11.5. The Balaban J connectivity index is 3.85. The third-order valence-electron chi connectivity index (χ3n) is 2.71. The van der Waals surface area contributed by atoms with Crippen molar-refractivity contribution in [3.63, 3.8) is 0 Å². The Morgan fingerprint density at radius 3 is 2.11 bits per heavy atom. The third kappa shape index (κ3) is 10.4. The van der Waals surface area contributed by atoms with E-state index in [0.29, 0.717) is 6.54 Å². The Labute approximate surface area is 112 Å². The molecule has 0 aliphatic carbocycles. The molecule has 0 saturated carbocycles. The van der Waals surface area contributed by atoms with E-state index in [1.807, 2.05) is 20.8 Å². The molecule has 4 heteroatoms. The minimum absolute atomic E-state index is 0.235. The van der Waals surface area contributed by atoms with Gasteiger partial charge in [-0.25, -0.2) is 4.79 Å². The molecular weight excluding hydrogens is 228 g/mol. The van der Waals surface area contributed by atoms with E-state index in [2.05, 4.69) is 38.2 Å². The van der Waals surface area contributed by atoms with Gasteiger partial charge in [0.25, 0.3) is 0 Å². The number of ether oxygens (including phenoxy) is 1. The fourth-order valence-electron chi connectivity index (χ4n) is 1.47. The Morgan fingerprint density at radius 2 is 1.67 bits per heavy atom. The van der Waals surface area contributed by atoms with Crippen molar-refractivity contribution >= 4 is 6.09 Å². The summed E-state index contributed by atoms with van der Waals surface area (Å²) in [5, 5.41) is 2.81. The predicted molar refractivity (Wildman–Crippen MR) is 75.8 cm³/mol. The molecule has 0 atom stereocenters. The molecule has 0 bridgehead atoms. The van der Waals surface area contributed by atoms with Crippen LogP contribution in [0.2, 0.25) is 0 Å². The van der Waals surface area contributed by atoms with Gasteiger partial charge in [-0.2, -0.15) is 0 Å². The number of nitrogens with one attached hydrogen (secondary N) is 1. The first-order chi connectivity index (χ1) is 8.02. The second-order valence-electron chi connectivity index (χ2n) is 6.90.